The first-order valence-corrected chi connectivity index (χ1v) is 1.87. The van der Waals surface area contributed by atoms with Crippen LogP contribution >= 0.6 is 0 Å². The third-order valence-electron chi connectivity index (χ3n) is 0.406. The summed E-state index contributed by atoms with van der Waals surface area (Å²) in [6.45, 7) is -0.719. The summed E-state index contributed by atoms with van der Waals surface area (Å²) in [5.74, 6) is -0.794. The maximum atomic E-state index is 9.96. The van der Waals surface area contributed by atoms with Gasteiger partial charge in [0.05, 0.1) is 0 Å². The van der Waals surface area contributed by atoms with Crippen molar-refractivity contribution < 1.29 is 49.7 Å². The van der Waals surface area contributed by atoms with Crippen LogP contribution in [0.25, 0.3) is 0 Å². The minimum atomic E-state index is -0.955. The van der Waals surface area contributed by atoms with Crippen LogP contribution < -0.4 is 40.6 Å². The molecule has 0 atom stereocenters. The van der Waals surface area contributed by atoms with Crippen molar-refractivity contribution in [3.05, 3.63) is 0 Å². The number of primary amides is 1. The van der Waals surface area contributed by atoms with Crippen molar-refractivity contribution in [2.75, 3.05) is 6.61 Å². The summed E-state index contributed by atoms with van der Waals surface area (Å²) >= 11 is 0. The molecule has 6 nitrogen and oxygen atoms in total. The first-order chi connectivity index (χ1) is 3.66. The standard InChI is InChI=1S/C3H6N2O3.Na.H2O/c4-3(8)5-2(7)1-6;;/h6H,1H2,(H3,4,5,7,8);;1H2/q;+1;/p-1. The summed E-state index contributed by atoms with van der Waals surface area (Å²) in [5, 5.41) is 9.61. The topological polar surface area (TPSA) is 122 Å². The van der Waals surface area contributed by atoms with Gasteiger partial charge in [-0.15, -0.1) is 0 Å². The zero-order valence-corrected chi connectivity index (χ0v) is 7.50. The molecule has 7 heteroatoms. The van der Waals surface area contributed by atoms with Crippen LogP contribution in [0, 0.1) is 0 Å². The fourth-order valence-corrected chi connectivity index (χ4v) is 0.177. The summed E-state index contributed by atoms with van der Waals surface area (Å²) in [7, 11) is 0. The van der Waals surface area contributed by atoms with Crippen LogP contribution in [0.15, 0.2) is 0 Å². The van der Waals surface area contributed by atoms with E-state index in [2.05, 4.69) is 5.73 Å². The second-order valence-electron chi connectivity index (χ2n) is 1.07. The van der Waals surface area contributed by atoms with Gasteiger partial charge < -0.3 is 16.3 Å². The molecule has 0 heterocycles. The van der Waals surface area contributed by atoms with Crippen LogP contribution in [-0.4, -0.2) is 29.1 Å². The number of carbonyl (C=O) groups is 2. The number of hydrogen-bond donors (Lipinski definition) is 3. The molecule has 5 N–H and O–H groups in total. The predicted molar refractivity (Wildman–Crippen MR) is 26.7 cm³/mol. The first-order valence-electron chi connectivity index (χ1n) is 1.87. The molecule has 0 saturated heterocycles. The Morgan fingerprint density at radius 2 is 1.90 bits per heavy atom. The molecule has 0 aliphatic rings. The van der Waals surface area contributed by atoms with Crippen LogP contribution in [0.3, 0.4) is 0 Å². The minimum absolute atomic E-state index is 0. The van der Waals surface area contributed by atoms with E-state index < -0.39 is 18.5 Å². The van der Waals surface area contributed by atoms with Crippen molar-refractivity contribution in [1.82, 2.24) is 5.32 Å². The van der Waals surface area contributed by atoms with E-state index in [4.69, 9.17) is 5.11 Å². The molecule has 3 amide bonds. The number of urea groups is 1. The molecule has 0 aromatic carbocycles. The number of imide groups is 1. The molecule has 0 fully saturated rings. The molecule has 0 aliphatic carbocycles. The summed E-state index contributed by atoms with van der Waals surface area (Å²) in [5.41, 5.74) is 4.49. The fourth-order valence-electron chi connectivity index (χ4n) is 0.177. The molecule has 0 aliphatic heterocycles. The number of nitrogens with one attached hydrogen (secondary N) is 1. The Morgan fingerprint density at radius 1 is 1.50 bits per heavy atom. The van der Waals surface area contributed by atoms with Crippen molar-refractivity contribution in [3.63, 3.8) is 0 Å². The van der Waals surface area contributed by atoms with Gasteiger partial charge in [0.1, 0.15) is 6.61 Å². The van der Waals surface area contributed by atoms with E-state index >= 15 is 0 Å². The van der Waals surface area contributed by atoms with Gasteiger partial charge in [-0.05, 0) is 0 Å². The first kappa shape index (κ1) is 16.4. The van der Waals surface area contributed by atoms with Crippen LogP contribution in [0.1, 0.15) is 0 Å². The van der Waals surface area contributed by atoms with Gasteiger partial charge in [-0.1, -0.05) is 0 Å². The Kier molecular flexibility index (Phi) is 14.6. The van der Waals surface area contributed by atoms with E-state index in [0.717, 1.165) is 0 Å². The molecule has 10 heavy (non-hydrogen) atoms. The summed E-state index contributed by atoms with van der Waals surface area (Å²) in [6, 6.07) is -0.955. The Hall–Kier alpha value is -0.140. The molecular formula is C3H7N2NaO4. The third kappa shape index (κ3) is 10.8. The molecule has 0 spiro atoms. The quantitative estimate of drug-likeness (QED) is 0.330. The number of carbonyl (C=O) groups excluding carboxylic acids is 2. The smallest absolute Gasteiger partial charge is 0.870 e. The van der Waals surface area contributed by atoms with Gasteiger partial charge in [-0.3, -0.25) is 10.1 Å². The maximum absolute atomic E-state index is 9.96. The van der Waals surface area contributed by atoms with Crippen molar-refractivity contribution in [3.8, 4) is 0 Å². The van der Waals surface area contributed by atoms with Crippen molar-refractivity contribution >= 4 is 11.9 Å². The Bertz CT molecular complexity index is 117. The van der Waals surface area contributed by atoms with Crippen molar-refractivity contribution in [2.24, 2.45) is 5.73 Å². The molecular weight excluding hydrogens is 151 g/mol. The molecule has 0 unspecified atom stereocenters. The Balaban J connectivity index is -0.000000245. The van der Waals surface area contributed by atoms with E-state index in [1.165, 1.54) is 0 Å². The van der Waals surface area contributed by atoms with E-state index in [1.54, 1.807) is 5.32 Å². The van der Waals surface area contributed by atoms with Gasteiger partial charge in [0.2, 0.25) is 0 Å². The zero-order chi connectivity index (χ0) is 6.57. The van der Waals surface area contributed by atoms with Gasteiger partial charge in [0.25, 0.3) is 5.91 Å². The normalized spacial score (nSPS) is 6.50. The summed E-state index contributed by atoms with van der Waals surface area (Å²) < 4.78 is 0. The Labute approximate surface area is 79.4 Å². The Morgan fingerprint density at radius 3 is 2.00 bits per heavy atom. The number of hydrogen-bond acceptors (Lipinski definition) is 4. The van der Waals surface area contributed by atoms with Gasteiger partial charge in [-0.25, -0.2) is 4.79 Å². The predicted octanol–water partition coefficient (Wildman–Crippen LogP) is -5.00. The summed E-state index contributed by atoms with van der Waals surface area (Å²) in [6.07, 6.45) is 0. The second kappa shape index (κ2) is 8.86. The van der Waals surface area contributed by atoms with Gasteiger partial charge in [0.15, 0.2) is 0 Å². The zero-order valence-electron chi connectivity index (χ0n) is 5.50. The monoisotopic (exact) mass is 158 g/mol. The fraction of sp³-hybridized carbons (Fsp3) is 0.333. The van der Waals surface area contributed by atoms with Crippen LogP contribution in [0.4, 0.5) is 4.79 Å². The number of aliphatic hydroxyl groups excluding tert-OH is 1. The molecule has 0 aromatic heterocycles. The molecule has 0 bridgehead atoms. The van der Waals surface area contributed by atoms with Crippen molar-refractivity contribution in [2.45, 2.75) is 0 Å². The number of amides is 3. The summed E-state index contributed by atoms with van der Waals surface area (Å²) in [4.78, 5) is 19.7. The van der Waals surface area contributed by atoms with Crippen LogP contribution in [0.5, 0.6) is 0 Å². The molecule has 0 aromatic rings. The molecule has 0 radical (unpaired) electrons. The average molecular weight is 158 g/mol. The number of rotatable bonds is 1. The molecule has 54 valence electrons. The van der Waals surface area contributed by atoms with E-state index in [9.17, 15) is 9.59 Å². The largest absolute Gasteiger partial charge is 1.00 e. The van der Waals surface area contributed by atoms with E-state index in [0.29, 0.717) is 0 Å². The van der Waals surface area contributed by atoms with Gasteiger partial charge in [0, 0.05) is 0 Å². The molecule has 0 rings (SSSR count). The number of aliphatic hydroxyl groups is 1. The van der Waals surface area contributed by atoms with E-state index in [1.807, 2.05) is 0 Å². The van der Waals surface area contributed by atoms with E-state index in [-0.39, 0.29) is 35.0 Å². The SMILES string of the molecule is NC(=O)NC(=O)CO.[Na+].[OH-]. The van der Waals surface area contributed by atoms with Crippen LogP contribution in [-0.2, 0) is 4.79 Å². The van der Waals surface area contributed by atoms with Crippen LogP contribution in [0.2, 0.25) is 0 Å². The third-order valence-corrected chi connectivity index (χ3v) is 0.406. The van der Waals surface area contributed by atoms with Crippen molar-refractivity contribution in [1.29, 1.82) is 0 Å². The van der Waals surface area contributed by atoms with Gasteiger partial charge in [-0.2, -0.15) is 0 Å². The average Bonchev–Trinajstić information content (AvgIpc) is 1.65. The minimum Gasteiger partial charge on any atom is -0.870 e. The molecule has 0 saturated carbocycles. The number of nitrogens with two attached hydrogens (primary N) is 1. The van der Waals surface area contributed by atoms with Gasteiger partial charge >= 0.3 is 35.6 Å². The maximum Gasteiger partial charge on any atom is 1.00 e. The second-order valence-corrected chi connectivity index (χ2v) is 1.07.